The molecule has 6 nitrogen and oxygen atoms in total. The fraction of sp³-hybridized carbons (Fsp3) is 0.579. The van der Waals surface area contributed by atoms with Crippen molar-refractivity contribution in [2.24, 2.45) is 11.7 Å². The Hall–Kier alpha value is -1.79. The molecule has 2 atom stereocenters. The van der Waals surface area contributed by atoms with Crippen molar-refractivity contribution in [3.63, 3.8) is 0 Å². The van der Waals surface area contributed by atoms with Crippen molar-refractivity contribution < 1.29 is 14.3 Å². The molecule has 1 aromatic rings. The molecule has 1 fully saturated rings. The predicted molar refractivity (Wildman–Crippen MR) is 102 cm³/mol. The van der Waals surface area contributed by atoms with Gasteiger partial charge in [-0.25, -0.2) is 0 Å². The molecule has 2 amide bonds. The van der Waals surface area contributed by atoms with Gasteiger partial charge in [-0.05, 0) is 70.0 Å². The lowest BCUT2D eigenvalue weighted by atomic mass is 9.97. The van der Waals surface area contributed by atoms with Gasteiger partial charge in [-0.3, -0.25) is 9.59 Å². The number of rotatable bonds is 8. The van der Waals surface area contributed by atoms with E-state index in [2.05, 4.69) is 10.2 Å². The highest BCUT2D eigenvalue weighted by Crippen LogP contribution is 2.22. The van der Waals surface area contributed by atoms with Gasteiger partial charge in [-0.1, -0.05) is 11.6 Å². The van der Waals surface area contributed by atoms with Crippen molar-refractivity contribution in [1.82, 2.24) is 10.2 Å². The molecule has 0 radical (unpaired) electrons. The van der Waals surface area contributed by atoms with Gasteiger partial charge in [0, 0.05) is 18.1 Å². The lowest BCUT2D eigenvalue weighted by molar-refractivity contribution is -0.127. The maximum Gasteiger partial charge on any atom is 0.260 e. The van der Waals surface area contributed by atoms with E-state index >= 15 is 0 Å². The molecule has 1 heterocycles. The Morgan fingerprint density at radius 3 is 2.92 bits per heavy atom. The third kappa shape index (κ3) is 6.18. The van der Waals surface area contributed by atoms with Crippen molar-refractivity contribution in [2.45, 2.75) is 39.2 Å². The van der Waals surface area contributed by atoms with Crippen molar-refractivity contribution in [2.75, 3.05) is 26.2 Å². The average Bonchev–Trinajstić information content (AvgIpc) is 2.61. The number of nitrogens with zero attached hydrogens (tertiary/aromatic N) is 1. The van der Waals surface area contributed by atoms with Gasteiger partial charge < -0.3 is 20.7 Å². The molecule has 0 spiro atoms. The Morgan fingerprint density at radius 1 is 1.46 bits per heavy atom. The molecule has 26 heavy (non-hydrogen) atoms. The first kappa shape index (κ1) is 20.5. The zero-order valence-corrected chi connectivity index (χ0v) is 16.2. The van der Waals surface area contributed by atoms with Crippen molar-refractivity contribution in [1.29, 1.82) is 0 Å². The molecule has 0 aliphatic carbocycles. The zero-order valence-electron chi connectivity index (χ0n) is 15.5. The third-order valence-electron chi connectivity index (χ3n) is 4.67. The highest BCUT2D eigenvalue weighted by atomic mass is 35.5. The summed E-state index contributed by atoms with van der Waals surface area (Å²) in [5.41, 5.74) is 6.29. The molecule has 3 N–H and O–H groups in total. The van der Waals surface area contributed by atoms with Gasteiger partial charge in [0.25, 0.3) is 5.91 Å². The molecular weight excluding hydrogens is 354 g/mol. The van der Waals surface area contributed by atoms with Gasteiger partial charge in [0.2, 0.25) is 5.91 Å². The maximum atomic E-state index is 12.2. The van der Waals surface area contributed by atoms with Crippen LogP contribution in [0.4, 0.5) is 0 Å². The number of carbonyl (C=O) groups excluding carboxylic acids is 2. The first-order chi connectivity index (χ1) is 12.4. The molecular formula is C19H28ClN3O3. The van der Waals surface area contributed by atoms with Crippen LogP contribution in [0, 0.1) is 12.8 Å². The van der Waals surface area contributed by atoms with Crippen LogP contribution in [-0.4, -0.2) is 49.0 Å². The Bertz CT molecular complexity index is 638. The fourth-order valence-corrected chi connectivity index (χ4v) is 3.36. The zero-order chi connectivity index (χ0) is 19.1. The number of halogens is 1. The Balaban J connectivity index is 1.68. The van der Waals surface area contributed by atoms with E-state index < -0.39 is 6.10 Å². The number of carbonyl (C=O) groups is 2. The maximum absolute atomic E-state index is 12.2. The SMILES string of the molecule is Cc1cc(Cl)ccc1O[C@H](C)C(=O)NCCCN1CCC[C@@H](C(N)=O)C1. The number of hydrogen-bond acceptors (Lipinski definition) is 4. The number of ether oxygens (including phenoxy) is 1. The molecule has 1 saturated heterocycles. The number of piperidine rings is 1. The van der Waals surface area contributed by atoms with E-state index in [-0.39, 0.29) is 17.7 Å². The summed E-state index contributed by atoms with van der Waals surface area (Å²) in [5.74, 6) is 0.247. The first-order valence-electron chi connectivity index (χ1n) is 9.09. The minimum Gasteiger partial charge on any atom is -0.481 e. The van der Waals surface area contributed by atoms with Crippen molar-refractivity contribution in [3.8, 4) is 5.75 Å². The molecule has 0 bridgehead atoms. The van der Waals surface area contributed by atoms with Crippen LogP contribution in [0.3, 0.4) is 0 Å². The number of amides is 2. The van der Waals surface area contributed by atoms with Crippen LogP contribution in [-0.2, 0) is 9.59 Å². The lowest BCUT2D eigenvalue weighted by Gasteiger charge is -2.31. The van der Waals surface area contributed by atoms with Crippen LogP contribution in [0.2, 0.25) is 5.02 Å². The van der Waals surface area contributed by atoms with Crippen molar-refractivity contribution >= 4 is 23.4 Å². The van der Waals surface area contributed by atoms with Crippen LogP contribution in [0.15, 0.2) is 18.2 Å². The Morgan fingerprint density at radius 2 is 2.23 bits per heavy atom. The number of hydrogen-bond donors (Lipinski definition) is 2. The molecule has 0 aromatic heterocycles. The summed E-state index contributed by atoms with van der Waals surface area (Å²) in [7, 11) is 0. The number of nitrogens with one attached hydrogen (secondary N) is 1. The predicted octanol–water partition coefficient (Wildman–Crippen LogP) is 2.12. The third-order valence-corrected chi connectivity index (χ3v) is 4.90. The minimum atomic E-state index is -0.580. The van der Waals surface area contributed by atoms with E-state index in [4.69, 9.17) is 22.1 Å². The van der Waals surface area contributed by atoms with Crippen LogP contribution in [0.25, 0.3) is 0 Å². The van der Waals surface area contributed by atoms with E-state index in [1.165, 1.54) is 0 Å². The number of benzene rings is 1. The summed E-state index contributed by atoms with van der Waals surface area (Å²) < 4.78 is 5.72. The number of nitrogens with two attached hydrogens (primary N) is 1. The van der Waals surface area contributed by atoms with E-state index in [1.807, 2.05) is 6.92 Å². The second kappa shape index (κ2) is 9.78. The Kier molecular flexibility index (Phi) is 7.72. The smallest absolute Gasteiger partial charge is 0.260 e. The largest absolute Gasteiger partial charge is 0.481 e. The molecule has 1 aromatic carbocycles. The summed E-state index contributed by atoms with van der Waals surface area (Å²) >= 11 is 5.93. The van der Waals surface area contributed by atoms with Crippen LogP contribution in [0.5, 0.6) is 5.75 Å². The monoisotopic (exact) mass is 381 g/mol. The van der Waals surface area contributed by atoms with E-state index in [0.717, 1.165) is 44.5 Å². The van der Waals surface area contributed by atoms with Gasteiger partial charge in [-0.15, -0.1) is 0 Å². The van der Waals surface area contributed by atoms with Crippen molar-refractivity contribution in [3.05, 3.63) is 28.8 Å². The number of aryl methyl sites for hydroxylation is 1. The summed E-state index contributed by atoms with van der Waals surface area (Å²) in [6.07, 6.45) is 2.11. The molecule has 2 rings (SSSR count). The lowest BCUT2D eigenvalue weighted by Crippen LogP contribution is -2.42. The molecule has 0 saturated carbocycles. The summed E-state index contributed by atoms with van der Waals surface area (Å²) in [4.78, 5) is 25.7. The van der Waals surface area contributed by atoms with Gasteiger partial charge in [0.15, 0.2) is 6.10 Å². The first-order valence-corrected chi connectivity index (χ1v) is 9.47. The summed E-state index contributed by atoms with van der Waals surface area (Å²) in [6.45, 7) is 6.74. The second-order valence-corrected chi connectivity index (χ2v) is 7.29. The average molecular weight is 382 g/mol. The van der Waals surface area contributed by atoms with E-state index in [9.17, 15) is 9.59 Å². The normalized spacial score (nSPS) is 19.0. The van der Waals surface area contributed by atoms with Gasteiger partial charge in [-0.2, -0.15) is 0 Å². The second-order valence-electron chi connectivity index (χ2n) is 6.86. The highest BCUT2D eigenvalue weighted by molar-refractivity contribution is 6.30. The number of primary amides is 1. The topological polar surface area (TPSA) is 84.7 Å². The standard InChI is InChI=1S/C19H28ClN3O3/c1-13-11-16(20)6-7-17(13)26-14(2)19(25)22-8-4-10-23-9-3-5-15(12-23)18(21)24/h6-7,11,14-15H,3-5,8-10,12H2,1-2H3,(H2,21,24)(H,22,25)/t14-,15-/m1/s1. The molecule has 144 valence electrons. The molecule has 1 aliphatic rings. The molecule has 7 heteroatoms. The number of likely N-dealkylation sites (tertiary alicyclic amines) is 1. The van der Waals surface area contributed by atoms with Gasteiger partial charge in [0.05, 0.1) is 5.92 Å². The van der Waals surface area contributed by atoms with E-state index in [1.54, 1.807) is 25.1 Å². The highest BCUT2D eigenvalue weighted by Gasteiger charge is 2.23. The minimum absolute atomic E-state index is 0.0469. The molecule has 0 unspecified atom stereocenters. The molecule has 1 aliphatic heterocycles. The summed E-state index contributed by atoms with van der Waals surface area (Å²) in [6, 6.07) is 5.32. The Labute approximate surface area is 160 Å². The van der Waals surface area contributed by atoms with E-state index in [0.29, 0.717) is 17.3 Å². The quantitative estimate of drug-likeness (QED) is 0.675. The van der Waals surface area contributed by atoms with Gasteiger partial charge in [0.1, 0.15) is 5.75 Å². The summed E-state index contributed by atoms with van der Waals surface area (Å²) in [5, 5.41) is 3.54. The van der Waals surface area contributed by atoms with Crippen LogP contribution in [0.1, 0.15) is 31.7 Å². The van der Waals surface area contributed by atoms with Crippen LogP contribution < -0.4 is 15.8 Å². The van der Waals surface area contributed by atoms with Gasteiger partial charge >= 0.3 is 0 Å². The van der Waals surface area contributed by atoms with Crippen LogP contribution >= 0.6 is 11.6 Å². The fourth-order valence-electron chi connectivity index (χ4n) is 3.14.